The molecule has 1 amide bonds. The van der Waals surface area contributed by atoms with Crippen LogP contribution in [0.25, 0.3) is 20.9 Å². The van der Waals surface area contributed by atoms with Crippen molar-refractivity contribution in [3.8, 4) is 11.5 Å². The zero-order valence-corrected chi connectivity index (χ0v) is 84.8. The minimum absolute atomic E-state index is 0.00503. The number of imidazole rings is 1. The Hall–Kier alpha value is -7.01. The molecule has 0 bridgehead atoms. The first kappa shape index (κ1) is 109. The van der Waals surface area contributed by atoms with E-state index in [-0.39, 0.29) is 90.5 Å². The summed E-state index contributed by atoms with van der Waals surface area (Å²) < 4.78 is 85.9. The average molecular weight is 1930 g/mol. The number of hydrogen-bond acceptors (Lipinski definition) is 23. The van der Waals surface area contributed by atoms with Crippen molar-refractivity contribution in [3.63, 3.8) is 0 Å². The SMILES string of the molecule is [C-]#[N+]CCOP(=S)(OCC1OC(n2cnc3c(=O)[nH]c(NC(=O)C(C)C)nc32)CC1OP(=S)(OCC[N+]#[C-])OCC1OC(n2cc(C)c(=O)n(C(=O)c3cc(C)c(OCCCCCCCCCCCCCCCCCC)c(OCCCCCCCCCCCCCCCCCC)c3)c2=O)CC1O[Si](c1ccccc1)(C(C)C)C(C)C)OC1CC(n2cc(C)c(=O)[nH]c2=O)OC1CC. The van der Waals surface area contributed by atoms with E-state index in [9.17, 15) is 24.0 Å². The number of rotatable bonds is 64. The van der Waals surface area contributed by atoms with Crippen molar-refractivity contribution in [3.05, 3.63) is 158 Å². The molecule has 9 rings (SSSR count). The number of ether oxygens (including phenoxy) is 5. The Bertz CT molecular complexity index is 5080. The fourth-order valence-electron chi connectivity index (χ4n) is 17.8. The van der Waals surface area contributed by atoms with Gasteiger partial charge in [-0.05, 0) is 97.6 Å². The van der Waals surface area contributed by atoms with Crippen LogP contribution >= 0.6 is 13.4 Å². The van der Waals surface area contributed by atoms with Crippen molar-refractivity contribution in [2.24, 2.45) is 5.92 Å². The summed E-state index contributed by atoms with van der Waals surface area (Å²) in [4.78, 5) is 119. The normalized spacial score (nSPS) is 19.6. The van der Waals surface area contributed by atoms with Crippen LogP contribution < -0.4 is 48.0 Å². The van der Waals surface area contributed by atoms with E-state index >= 15 is 9.59 Å². The first-order valence-corrected chi connectivity index (χ1v) is 56.2. The molecule has 30 nitrogen and oxygen atoms in total. The molecule has 732 valence electrons. The first-order chi connectivity index (χ1) is 63.6. The maximum absolute atomic E-state index is 15.6. The quantitative estimate of drug-likeness (QED) is 0.0138. The molecule has 132 heavy (non-hydrogen) atoms. The molecule has 35 heteroatoms. The van der Waals surface area contributed by atoms with Gasteiger partial charge in [0.15, 0.2) is 22.7 Å². The number of aryl methyl sites for hydroxylation is 3. The van der Waals surface area contributed by atoms with Crippen molar-refractivity contribution >= 4 is 79.5 Å². The smallest absolute Gasteiger partial charge is 0.340 e. The van der Waals surface area contributed by atoms with Crippen molar-refractivity contribution in [2.75, 3.05) is 58.0 Å². The highest BCUT2D eigenvalue weighted by atomic mass is 32.5. The molecule has 11 atom stereocenters. The van der Waals surface area contributed by atoms with Gasteiger partial charge in [-0.3, -0.25) is 53.0 Å². The second-order valence-corrected chi connectivity index (χ2v) is 47.2. The molecular formula is C97H149N11O19P2S2Si. The minimum Gasteiger partial charge on any atom is -0.490 e. The van der Waals surface area contributed by atoms with Gasteiger partial charge in [0, 0.05) is 54.3 Å². The number of hydrogen-bond donors (Lipinski definition) is 3. The third-order valence-electron chi connectivity index (χ3n) is 25.2. The summed E-state index contributed by atoms with van der Waals surface area (Å²) >= 11 is 12.7. The maximum Gasteiger partial charge on any atom is 0.340 e. The standard InChI is InChI=1S/C97H149N11O19P2S2Si/c1-15-18-20-22-24-26-28-30-32-34-36-38-40-42-44-49-55-116-81-60-75(59-72(10)88(81)117-56-50-45-43-41-39-37-35-33-31-29-27-25-23-21-19-16-2)94(113)108-93(112)74(12)65-106(97(108)115)85-63-80(127-132(70(6)7,71(8)9)76-51-47-46-48-52-76)83(124-85)67-121-129(131,119-58-54-99-14)126-79-62-86(107-68-100-87-89(107)101-95(103-92(87)111)102-90(109)69(4)5)123-82(79)66-120-128(130,118-57-53-98-13)125-78-61-84(122-77(78)17-3)105-64-73(11)91(110)104-96(105)114/h46-48,51-52,59-60,64-65,68-71,77-80,82-86H,15-45,49-50,53-58,61-63,66-67H2,1-12H3,(H,104,110,114)(H2,101,102,103,109,111). The molecule has 3 saturated heterocycles. The molecule has 4 aromatic heterocycles. The van der Waals surface area contributed by atoms with Crippen molar-refractivity contribution in [2.45, 2.75) is 381 Å². The van der Waals surface area contributed by atoms with Gasteiger partial charge in [-0.25, -0.2) is 27.7 Å². The van der Waals surface area contributed by atoms with Gasteiger partial charge in [0.1, 0.15) is 44.1 Å². The zero-order chi connectivity index (χ0) is 95.2. The van der Waals surface area contributed by atoms with Crippen molar-refractivity contribution < 1.29 is 64.8 Å². The summed E-state index contributed by atoms with van der Waals surface area (Å²) in [5, 5.41) is 3.66. The molecule has 0 radical (unpaired) electrons. The summed E-state index contributed by atoms with van der Waals surface area (Å²) in [5.74, 6) is -1.05. The number of fused-ring (bicyclic) bond motifs is 1. The second-order valence-electron chi connectivity index (χ2n) is 36.6. The average Bonchev–Trinajstić information content (AvgIpc) is 1.49. The number of amides is 1. The van der Waals surface area contributed by atoms with Crippen LogP contribution in [-0.4, -0.2) is 148 Å². The maximum atomic E-state index is 15.6. The van der Waals surface area contributed by atoms with Gasteiger partial charge < -0.3 is 64.9 Å². The minimum atomic E-state index is -4.22. The molecule has 3 aliphatic heterocycles. The zero-order valence-electron chi connectivity index (χ0n) is 80.4. The van der Waals surface area contributed by atoms with Gasteiger partial charge in [0.25, 0.3) is 22.6 Å². The molecule has 0 saturated carbocycles. The van der Waals surface area contributed by atoms with E-state index in [1.807, 2.05) is 32.0 Å². The topological polar surface area (TPSA) is 328 Å². The number of aromatic nitrogens is 8. The van der Waals surface area contributed by atoms with Crippen LogP contribution in [0.2, 0.25) is 11.1 Å². The van der Waals surface area contributed by atoms with Gasteiger partial charge >= 0.3 is 24.8 Å². The van der Waals surface area contributed by atoms with Gasteiger partial charge in [-0.1, -0.05) is 285 Å². The van der Waals surface area contributed by atoms with E-state index in [4.69, 9.17) is 92.0 Å². The Labute approximate surface area is 792 Å². The Morgan fingerprint density at radius 1 is 0.545 bits per heavy atom. The Balaban J connectivity index is 0.988. The molecule has 0 spiro atoms. The third kappa shape index (κ3) is 32.0. The number of unbranched alkanes of at least 4 members (excludes halogenated alkanes) is 30. The Morgan fingerprint density at radius 3 is 1.49 bits per heavy atom. The van der Waals surface area contributed by atoms with E-state index in [1.165, 1.54) is 193 Å². The highest BCUT2D eigenvalue weighted by Crippen LogP contribution is 2.57. The van der Waals surface area contributed by atoms with E-state index in [0.29, 0.717) is 41.3 Å². The number of anilines is 1. The van der Waals surface area contributed by atoms with Crippen LogP contribution in [0, 0.1) is 39.8 Å². The molecule has 11 unspecified atom stereocenters. The Morgan fingerprint density at radius 2 is 1.00 bits per heavy atom. The summed E-state index contributed by atoms with van der Waals surface area (Å²) in [6.07, 6.45) is 35.1. The summed E-state index contributed by atoms with van der Waals surface area (Å²) in [7, 11) is -3.16. The molecule has 7 heterocycles. The number of nitrogens with one attached hydrogen (secondary N) is 3. The van der Waals surface area contributed by atoms with Crippen LogP contribution in [0.4, 0.5) is 5.95 Å². The highest BCUT2D eigenvalue weighted by Gasteiger charge is 2.52. The van der Waals surface area contributed by atoms with Gasteiger partial charge in [-0.15, -0.1) is 0 Å². The largest absolute Gasteiger partial charge is 0.490 e. The summed E-state index contributed by atoms with van der Waals surface area (Å²) in [6.45, 7) is 29.6. The number of aromatic amines is 2. The molecule has 3 fully saturated rings. The molecule has 2 aromatic carbocycles. The number of nitrogens with zero attached hydrogens (tertiary/aromatic N) is 8. The van der Waals surface area contributed by atoms with Gasteiger partial charge in [-0.2, -0.15) is 9.55 Å². The number of carbonyl (C=O) groups is 2. The van der Waals surface area contributed by atoms with Gasteiger partial charge in [0.2, 0.25) is 33.3 Å². The van der Waals surface area contributed by atoms with Gasteiger partial charge in [0.05, 0.1) is 57.2 Å². The van der Waals surface area contributed by atoms with Crippen LogP contribution in [0.3, 0.4) is 0 Å². The lowest BCUT2D eigenvalue weighted by atomic mass is 10.0. The molecular weight excluding hydrogens is 1780 g/mol. The number of benzene rings is 2. The summed E-state index contributed by atoms with van der Waals surface area (Å²) in [6, 6.07) is 13.3. The first-order valence-electron chi connectivity index (χ1n) is 49.0. The van der Waals surface area contributed by atoms with E-state index in [0.717, 1.165) is 50.1 Å². The number of carbonyl (C=O) groups excluding carboxylic acids is 2. The van der Waals surface area contributed by atoms with Crippen molar-refractivity contribution in [1.29, 1.82) is 0 Å². The lowest BCUT2D eigenvalue weighted by molar-refractivity contribution is -0.119. The third-order valence-corrected chi connectivity index (χ3v) is 35.3. The lowest BCUT2D eigenvalue weighted by Crippen LogP contribution is -2.58. The van der Waals surface area contributed by atoms with Crippen LogP contribution in [0.5, 0.6) is 11.5 Å². The number of H-pyrrole nitrogens is 2. The van der Waals surface area contributed by atoms with E-state index in [1.54, 1.807) is 39.8 Å². The summed E-state index contributed by atoms with van der Waals surface area (Å²) in [5.41, 5.74) is -2.83. The van der Waals surface area contributed by atoms with Crippen LogP contribution in [0.1, 0.15) is 339 Å². The van der Waals surface area contributed by atoms with Crippen LogP contribution in [-0.2, 0) is 74.2 Å². The Kier molecular flexibility index (Phi) is 46.1. The predicted octanol–water partition coefficient (Wildman–Crippen LogP) is 20.6. The van der Waals surface area contributed by atoms with Crippen molar-refractivity contribution in [1.82, 2.24) is 38.2 Å². The second kappa shape index (κ2) is 56.0. The van der Waals surface area contributed by atoms with Crippen LogP contribution in [0.15, 0.2) is 85.2 Å². The lowest BCUT2D eigenvalue weighted by Gasteiger charge is -2.42. The fourth-order valence-corrected chi connectivity index (χ4v) is 26.8. The molecule has 3 aliphatic rings. The van der Waals surface area contributed by atoms with E-state index in [2.05, 4.69) is 88.6 Å². The molecule has 6 aromatic rings. The molecule has 3 N–H and O–H groups in total. The predicted molar refractivity (Wildman–Crippen MR) is 526 cm³/mol. The fraction of sp³-hybridized carbons (Fsp3) is 0.701. The highest BCUT2D eigenvalue weighted by molar-refractivity contribution is 8.07. The monoisotopic (exact) mass is 1930 g/mol. The molecule has 0 aliphatic carbocycles. The van der Waals surface area contributed by atoms with E-state index < -0.39 is 136 Å².